The summed E-state index contributed by atoms with van der Waals surface area (Å²) in [7, 11) is 1.48. The molecular weight excluding hydrogens is 124 g/mol. The predicted octanol–water partition coefficient (Wildman–Crippen LogP) is -0.605. The van der Waals surface area contributed by atoms with Gasteiger partial charge in [-0.25, -0.2) is 0 Å². The quantitative estimate of drug-likeness (QED) is 0.500. The van der Waals surface area contributed by atoms with Crippen LogP contribution in [0.4, 0.5) is 0 Å². The van der Waals surface area contributed by atoms with Crippen LogP contribution in [0.25, 0.3) is 0 Å². The number of hydrazine groups is 1. The topological polar surface area (TPSA) is 75.6 Å². The van der Waals surface area contributed by atoms with Crippen LogP contribution >= 0.6 is 0 Å². The molecule has 0 unspecified atom stereocenters. The summed E-state index contributed by atoms with van der Waals surface area (Å²) in [4.78, 5) is 9.86. The van der Waals surface area contributed by atoms with E-state index in [2.05, 4.69) is 0 Å². The van der Waals surface area contributed by atoms with Gasteiger partial charge in [-0.05, 0) is 0 Å². The van der Waals surface area contributed by atoms with Gasteiger partial charge >= 0.3 is 5.97 Å². The van der Waals surface area contributed by atoms with Crippen molar-refractivity contribution in [1.29, 1.82) is 0 Å². The van der Waals surface area contributed by atoms with Crippen molar-refractivity contribution in [1.82, 2.24) is 10.6 Å². The van der Waals surface area contributed by atoms with Crippen molar-refractivity contribution in [2.75, 3.05) is 13.6 Å². The summed E-state index contributed by atoms with van der Waals surface area (Å²) >= 11 is 0. The van der Waals surface area contributed by atoms with Crippen molar-refractivity contribution in [2.24, 2.45) is 0 Å². The molecule has 54 valence electrons. The molecule has 0 aliphatic carbocycles. The molecule has 0 amide bonds. The largest absolute Gasteiger partial charge is 0.774 e. The third-order valence-electron chi connectivity index (χ3n) is 0.817. The second kappa shape index (κ2) is 4.25. The fraction of sp³-hybridized carbons (Fsp3) is 0.750. The van der Waals surface area contributed by atoms with Gasteiger partial charge in [-0.2, -0.15) is 0 Å². The van der Waals surface area contributed by atoms with Crippen molar-refractivity contribution in [3.8, 4) is 0 Å². The summed E-state index contributed by atoms with van der Waals surface area (Å²) in [6.45, 7) is 0.221. The fourth-order valence-electron chi connectivity index (χ4n) is 0.309. The lowest BCUT2D eigenvalue weighted by Gasteiger charge is -2.20. The van der Waals surface area contributed by atoms with E-state index in [9.17, 15) is 10.0 Å². The van der Waals surface area contributed by atoms with Crippen molar-refractivity contribution >= 4 is 5.97 Å². The Morgan fingerprint density at radius 3 is 2.78 bits per heavy atom. The van der Waals surface area contributed by atoms with Gasteiger partial charge in [-0.1, -0.05) is 0 Å². The van der Waals surface area contributed by atoms with Gasteiger partial charge in [0.15, 0.2) is 0 Å². The summed E-state index contributed by atoms with van der Waals surface area (Å²) in [5.74, 6) is -0.905. The van der Waals surface area contributed by atoms with Crippen molar-refractivity contribution in [2.45, 2.75) is 6.42 Å². The van der Waals surface area contributed by atoms with Crippen molar-refractivity contribution < 1.29 is 9.90 Å². The fourth-order valence-corrected chi connectivity index (χ4v) is 0.309. The molecule has 0 aromatic heterocycles. The standard InChI is InChI=1S/C4H9N2O3/c1-6(5-9)3-2-4(7)8/h5H,2-3H2,1H3,(H,7,8)/q-1. The predicted molar refractivity (Wildman–Crippen MR) is 31.4 cm³/mol. The average Bonchev–Trinajstić information content (AvgIpc) is 1.83. The maximum Gasteiger partial charge on any atom is 0.304 e. The second-order valence-corrected chi connectivity index (χ2v) is 1.66. The number of nitrogens with zero attached hydrogens (tertiary/aromatic N) is 1. The molecule has 0 aromatic rings. The first-order valence-corrected chi connectivity index (χ1v) is 2.47. The molecule has 2 N–H and O–H groups in total. The highest BCUT2D eigenvalue weighted by atomic mass is 16.5. The Balaban J connectivity index is 3.16. The third-order valence-corrected chi connectivity index (χ3v) is 0.817. The number of carboxylic acids is 1. The van der Waals surface area contributed by atoms with Crippen LogP contribution in [0.5, 0.6) is 0 Å². The number of nitrogens with one attached hydrogen (secondary N) is 1. The first-order valence-electron chi connectivity index (χ1n) is 2.47. The van der Waals surface area contributed by atoms with E-state index in [0.717, 1.165) is 5.01 Å². The van der Waals surface area contributed by atoms with E-state index in [1.807, 2.05) is 0 Å². The zero-order valence-electron chi connectivity index (χ0n) is 5.13. The van der Waals surface area contributed by atoms with Gasteiger partial charge in [-0.3, -0.25) is 9.80 Å². The highest BCUT2D eigenvalue weighted by Gasteiger charge is 1.96. The van der Waals surface area contributed by atoms with E-state index >= 15 is 0 Å². The molecule has 0 saturated carbocycles. The second-order valence-electron chi connectivity index (χ2n) is 1.66. The normalized spacial score (nSPS) is 10.1. The Morgan fingerprint density at radius 2 is 2.44 bits per heavy atom. The highest BCUT2D eigenvalue weighted by molar-refractivity contribution is 5.66. The molecule has 0 bridgehead atoms. The van der Waals surface area contributed by atoms with E-state index in [-0.39, 0.29) is 13.0 Å². The molecule has 0 rings (SSSR count). The number of hydrogen-bond acceptors (Lipinski definition) is 4. The zero-order valence-corrected chi connectivity index (χ0v) is 5.13. The van der Waals surface area contributed by atoms with E-state index in [1.54, 1.807) is 5.59 Å². The molecule has 5 heteroatoms. The molecule has 0 aromatic carbocycles. The molecule has 9 heavy (non-hydrogen) atoms. The number of hydrogen-bond donors (Lipinski definition) is 2. The Bertz CT molecular complexity index is 95.8. The van der Waals surface area contributed by atoms with Crippen molar-refractivity contribution in [3.63, 3.8) is 0 Å². The maximum atomic E-state index is 9.86. The van der Waals surface area contributed by atoms with Gasteiger partial charge < -0.3 is 15.9 Å². The van der Waals surface area contributed by atoms with E-state index in [0.29, 0.717) is 0 Å². The molecule has 5 nitrogen and oxygen atoms in total. The number of carboxylic acid groups (broad SMARTS) is 1. The van der Waals surface area contributed by atoms with Gasteiger partial charge in [0.1, 0.15) is 0 Å². The van der Waals surface area contributed by atoms with Gasteiger partial charge in [0.2, 0.25) is 0 Å². The molecular formula is C4H9N2O3-. The Kier molecular flexibility index (Phi) is 3.94. The molecule has 0 spiro atoms. The lowest BCUT2D eigenvalue weighted by Crippen LogP contribution is -2.31. The minimum Gasteiger partial charge on any atom is -0.774 e. The average molecular weight is 133 g/mol. The summed E-state index contributed by atoms with van der Waals surface area (Å²) < 4.78 is 0. The van der Waals surface area contributed by atoms with Crippen LogP contribution in [-0.4, -0.2) is 29.7 Å². The first-order chi connectivity index (χ1) is 4.16. The van der Waals surface area contributed by atoms with Gasteiger partial charge in [0.05, 0.1) is 6.42 Å². The summed E-state index contributed by atoms with van der Waals surface area (Å²) in [6, 6.07) is 0. The molecule has 0 aliphatic heterocycles. The minimum absolute atomic E-state index is 0.0221. The molecule has 0 aliphatic rings. The minimum atomic E-state index is -0.905. The van der Waals surface area contributed by atoms with E-state index < -0.39 is 5.97 Å². The monoisotopic (exact) mass is 133 g/mol. The Morgan fingerprint density at radius 1 is 1.89 bits per heavy atom. The molecule has 0 atom stereocenters. The number of carbonyl (C=O) groups is 1. The van der Waals surface area contributed by atoms with Crippen LogP contribution in [0.2, 0.25) is 0 Å². The van der Waals surface area contributed by atoms with E-state index in [4.69, 9.17) is 5.11 Å². The lowest BCUT2D eigenvalue weighted by atomic mass is 10.4. The van der Waals surface area contributed by atoms with Gasteiger partial charge in [0, 0.05) is 13.6 Å². The molecule has 0 fully saturated rings. The third kappa shape index (κ3) is 5.22. The van der Waals surface area contributed by atoms with Crippen LogP contribution in [0.1, 0.15) is 6.42 Å². The van der Waals surface area contributed by atoms with Crippen LogP contribution in [0, 0.1) is 5.21 Å². The maximum absolute atomic E-state index is 9.86. The van der Waals surface area contributed by atoms with E-state index in [1.165, 1.54) is 7.05 Å². The van der Waals surface area contributed by atoms with Crippen LogP contribution in [0.15, 0.2) is 0 Å². The SMILES string of the molecule is CN(CCC(=O)O)N[O-]. The molecule has 0 radical (unpaired) electrons. The van der Waals surface area contributed by atoms with Gasteiger partial charge in [0.25, 0.3) is 0 Å². The zero-order chi connectivity index (χ0) is 7.28. The van der Waals surface area contributed by atoms with Crippen LogP contribution in [0.3, 0.4) is 0 Å². The molecule has 0 heterocycles. The Hall–Kier alpha value is -0.650. The summed E-state index contributed by atoms with van der Waals surface area (Å²) in [5, 5.41) is 19.0. The van der Waals surface area contributed by atoms with Crippen LogP contribution in [-0.2, 0) is 4.79 Å². The highest BCUT2D eigenvalue weighted by Crippen LogP contribution is 1.80. The first kappa shape index (κ1) is 8.35. The molecule has 0 saturated heterocycles. The smallest absolute Gasteiger partial charge is 0.304 e. The summed E-state index contributed by atoms with van der Waals surface area (Å²) in [6.07, 6.45) is -0.0221. The Labute approximate surface area is 52.8 Å². The number of aliphatic carboxylic acids is 1. The lowest BCUT2D eigenvalue weighted by molar-refractivity contribution is -0.137. The number of rotatable bonds is 4. The summed E-state index contributed by atoms with van der Waals surface area (Å²) in [5.41, 5.74) is 1.54. The van der Waals surface area contributed by atoms with Crippen molar-refractivity contribution in [3.05, 3.63) is 5.21 Å². The van der Waals surface area contributed by atoms with Crippen LogP contribution < -0.4 is 5.59 Å². The van der Waals surface area contributed by atoms with Gasteiger partial charge in [-0.15, -0.1) is 0 Å².